The summed E-state index contributed by atoms with van der Waals surface area (Å²) in [5.74, 6) is 1.53. The van der Waals surface area contributed by atoms with Gasteiger partial charge >= 0.3 is 0 Å². The third-order valence-electron chi connectivity index (χ3n) is 1.74. The van der Waals surface area contributed by atoms with E-state index in [1.165, 1.54) is 23.3 Å². The molecule has 16 heavy (non-hydrogen) atoms. The Morgan fingerprint density at radius 1 is 1.38 bits per heavy atom. The second-order valence-electron chi connectivity index (χ2n) is 3.01. The highest BCUT2D eigenvalue weighted by Gasteiger charge is 2.07. The van der Waals surface area contributed by atoms with E-state index in [1.54, 1.807) is 6.07 Å². The highest BCUT2D eigenvalue weighted by atomic mass is 35.5. The van der Waals surface area contributed by atoms with Crippen molar-refractivity contribution in [1.82, 2.24) is 19.3 Å². The molecule has 0 fully saturated rings. The third-order valence-corrected chi connectivity index (χ3v) is 3.64. The predicted octanol–water partition coefficient (Wildman–Crippen LogP) is 3.00. The Hall–Kier alpha value is -0.720. The Morgan fingerprint density at radius 3 is 2.81 bits per heavy atom. The second kappa shape index (κ2) is 5.07. The van der Waals surface area contributed by atoms with Gasteiger partial charge < -0.3 is 0 Å². The maximum Gasteiger partial charge on any atom is 0.176 e. The van der Waals surface area contributed by atoms with Crippen molar-refractivity contribution >= 4 is 34.9 Å². The quantitative estimate of drug-likeness (QED) is 0.804. The van der Waals surface area contributed by atoms with Crippen molar-refractivity contribution in [2.24, 2.45) is 0 Å². The number of hydrogen-bond donors (Lipinski definition) is 0. The van der Waals surface area contributed by atoms with Crippen molar-refractivity contribution in [2.75, 3.05) is 0 Å². The first-order chi connectivity index (χ1) is 7.67. The standard InChI is InChI=1S/C9H9ClN4S2/c1-3-7-13-9(16-14-7)15-8-4-6(10)11-5(2)12-8/h4H,3H2,1-2H3. The Labute approximate surface area is 107 Å². The predicted molar refractivity (Wildman–Crippen MR) is 65.2 cm³/mol. The molecule has 0 N–H and O–H groups in total. The topological polar surface area (TPSA) is 51.6 Å². The van der Waals surface area contributed by atoms with E-state index in [9.17, 15) is 0 Å². The molecule has 84 valence electrons. The molecule has 0 aliphatic heterocycles. The van der Waals surface area contributed by atoms with Crippen LogP contribution >= 0.6 is 34.9 Å². The average molecular weight is 273 g/mol. The van der Waals surface area contributed by atoms with Gasteiger partial charge in [-0.15, -0.1) is 0 Å². The monoisotopic (exact) mass is 272 g/mol. The van der Waals surface area contributed by atoms with Crippen LogP contribution in [-0.4, -0.2) is 19.3 Å². The van der Waals surface area contributed by atoms with E-state index in [0.717, 1.165) is 21.6 Å². The zero-order valence-corrected chi connectivity index (χ0v) is 11.2. The Bertz CT molecular complexity index is 480. The summed E-state index contributed by atoms with van der Waals surface area (Å²) < 4.78 is 5.09. The molecule has 2 aromatic heterocycles. The van der Waals surface area contributed by atoms with Gasteiger partial charge in [-0.3, -0.25) is 0 Å². The molecule has 0 bridgehead atoms. The Balaban J connectivity index is 2.19. The molecule has 0 aromatic carbocycles. The molecular weight excluding hydrogens is 264 g/mol. The van der Waals surface area contributed by atoms with E-state index < -0.39 is 0 Å². The number of nitrogens with zero attached hydrogens (tertiary/aromatic N) is 4. The zero-order valence-electron chi connectivity index (χ0n) is 8.77. The van der Waals surface area contributed by atoms with E-state index in [4.69, 9.17) is 11.6 Å². The van der Waals surface area contributed by atoms with Crippen molar-refractivity contribution in [3.63, 3.8) is 0 Å². The van der Waals surface area contributed by atoms with Gasteiger partial charge in [0, 0.05) is 12.5 Å². The van der Waals surface area contributed by atoms with Crippen LogP contribution in [0.15, 0.2) is 15.4 Å². The van der Waals surface area contributed by atoms with Crippen LogP contribution in [0.1, 0.15) is 18.6 Å². The molecule has 2 rings (SSSR count). The summed E-state index contributed by atoms with van der Waals surface area (Å²) in [6.07, 6.45) is 0.848. The van der Waals surface area contributed by atoms with E-state index in [1.807, 2.05) is 13.8 Å². The lowest BCUT2D eigenvalue weighted by Gasteiger charge is -1.98. The summed E-state index contributed by atoms with van der Waals surface area (Å²) in [5, 5.41) is 1.26. The molecule has 2 heterocycles. The van der Waals surface area contributed by atoms with Gasteiger partial charge in [0.1, 0.15) is 21.8 Å². The van der Waals surface area contributed by atoms with Gasteiger partial charge in [0.2, 0.25) is 0 Å². The highest BCUT2D eigenvalue weighted by Crippen LogP contribution is 2.28. The molecule has 0 atom stereocenters. The van der Waals surface area contributed by atoms with Gasteiger partial charge in [-0.25, -0.2) is 15.0 Å². The number of halogens is 1. The number of hydrogen-bond acceptors (Lipinski definition) is 6. The molecule has 0 saturated heterocycles. The molecule has 0 aliphatic rings. The van der Waals surface area contributed by atoms with E-state index in [0.29, 0.717) is 11.0 Å². The lowest BCUT2D eigenvalue weighted by molar-refractivity contribution is 0.956. The molecule has 0 amide bonds. The normalized spacial score (nSPS) is 10.7. The first kappa shape index (κ1) is 11.8. The largest absolute Gasteiger partial charge is 0.226 e. The lowest BCUT2D eigenvalue weighted by atomic mass is 10.5. The van der Waals surface area contributed by atoms with Gasteiger partial charge in [-0.2, -0.15) is 4.37 Å². The van der Waals surface area contributed by atoms with Crippen molar-refractivity contribution < 1.29 is 0 Å². The van der Waals surface area contributed by atoms with Crippen LogP contribution in [-0.2, 0) is 6.42 Å². The summed E-state index contributed by atoms with van der Waals surface area (Å²) in [5.41, 5.74) is 0. The zero-order chi connectivity index (χ0) is 11.5. The van der Waals surface area contributed by atoms with Crippen molar-refractivity contribution in [3.8, 4) is 0 Å². The van der Waals surface area contributed by atoms with Crippen LogP contribution in [0, 0.1) is 6.92 Å². The smallest absolute Gasteiger partial charge is 0.176 e. The Morgan fingerprint density at radius 2 is 2.19 bits per heavy atom. The van der Waals surface area contributed by atoms with Gasteiger partial charge in [0.15, 0.2) is 4.34 Å². The number of rotatable bonds is 3. The molecule has 0 saturated carbocycles. The number of aryl methyl sites for hydroxylation is 2. The maximum absolute atomic E-state index is 5.85. The van der Waals surface area contributed by atoms with Crippen LogP contribution < -0.4 is 0 Å². The first-order valence-electron chi connectivity index (χ1n) is 4.69. The van der Waals surface area contributed by atoms with Crippen molar-refractivity contribution in [1.29, 1.82) is 0 Å². The van der Waals surface area contributed by atoms with Gasteiger partial charge in [0.25, 0.3) is 0 Å². The molecular formula is C9H9ClN4S2. The van der Waals surface area contributed by atoms with Gasteiger partial charge in [-0.1, -0.05) is 18.5 Å². The van der Waals surface area contributed by atoms with E-state index >= 15 is 0 Å². The fraction of sp³-hybridized carbons (Fsp3) is 0.333. The van der Waals surface area contributed by atoms with Crippen molar-refractivity contribution in [3.05, 3.63) is 22.9 Å². The fourth-order valence-electron chi connectivity index (χ4n) is 1.07. The highest BCUT2D eigenvalue weighted by molar-refractivity contribution is 8.00. The van der Waals surface area contributed by atoms with Crippen molar-refractivity contribution in [2.45, 2.75) is 29.6 Å². The molecule has 7 heteroatoms. The van der Waals surface area contributed by atoms with E-state index in [2.05, 4.69) is 19.3 Å². The average Bonchev–Trinajstić information content (AvgIpc) is 2.64. The van der Waals surface area contributed by atoms with Crippen LogP contribution in [0.25, 0.3) is 0 Å². The lowest BCUT2D eigenvalue weighted by Crippen LogP contribution is -1.89. The van der Waals surface area contributed by atoms with E-state index in [-0.39, 0.29) is 0 Å². The van der Waals surface area contributed by atoms with Crippen LogP contribution in [0.5, 0.6) is 0 Å². The van der Waals surface area contributed by atoms with Gasteiger partial charge in [0.05, 0.1) is 0 Å². The maximum atomic E-state index is 5.85. The molecule has 0 radical (unpaired) electrons. The van der Waals surface area contributed by atoms with Crippen LogP contribution in [0.3, 0.4) is 0 Å². The minimum Gasteiger partial charge on any atom is -0.226 e. The molecule has 4 nitrogen and oxygen atoms in total. The number of aromatic nitrogens is 4. The third kappa shape index (κ3) is 2.90. The summed E-state index contributed by atoms with van der Waals surface area (Å²) in [6, 6.07) is 1.73. The summed E-state index contributed by atoms with van der Waals surface area (Å²) in [7, 11) is 0. The van der Waals surface area contributed by atoms with Crippen LogP contribution in [0.4, 0.5) is 0 Å². The van der Waals surface area contributed by atoms with Crippen LogP contribution in [0.2, 0.25) is 5.15 Å². The molecule has 0 spiro atoms. The van der Waals surface area contributed by atoms with Gasteiger partial charge in [-0.05, 0) is 30.2 Å². The first-order valence-corrected chi connectivity index (χ1v) is 6.66. The minimum atomic E-state index is 0.454. The Kier molecular flexibility index (Phi) is 3.73. The summed E-state index contributed by atoms with van der Waals surface area (Å²) in [6.45, 7) is 3.84. The second-order valence-corrected chi connectivity index (χ2v) is 5.41. The summed E-state index contributed by atoms with van der Waals surface area (Å²) in [4.78, 5) is 12.6. The fourth-order valence-corrected chi connectivity index (χ4v) is 3.06. The minimum absolute atomic E-state index is 0.454. The molecule has 0 aliphatic carbocycles. The SMILES string of the molecule is CCc1nsc(Sc2cc(Cl)nc(C)n2)n1. The molecule has 0 unspecified atom stereocenters. The molecule has 2 aromatic rings. The summed E-state index contributed by atoms with van der Waals surface area (Å²) >= 11 is 8.69.